The minimum Gasteiger partial charge on any atom is -0.506 e. The Morgan fingerprint density at radius 3 is 2.35 bits per heavy atom. The van der Waals surface area contributed by atoms with Crippen molar-refractivity contribution in [2.24, 2.45) is 5.41 Å². The molecule has 0 saturated heterocycles. The van der Waals surface area contributed by atoms with Crippen LogP contribution in [0, 0.1) is 5.41 Å². The summed E-state index contributed by atoms with van der Waals surface area (Å²) in [4.78, 5) is 11.9. The third-order valence-corrected chi connectivity index (χ3v) is 4.37. The number of phenols is 1. The van der Waals surface area contributed by atoms with Crippen LogP contribution in [0.3, 0.4) is 0 Å². The fourth-order valence-electron chi connectivity index (χ4n) is 1.62. The van der Waals surface area contributed by atoms with Gasteiger partial charge in [0.25, 0.3) is 0 Å². The predicted octanol–water partition coefficient (Wildman–Crippen LogP) is 2.57. The van der Waals surface area contributed by atoms with Gasteiger partial charge in [0, 0.05) is 17.0 Å². The molecular formula is C13H18ClNO4S. The second-order valence-corrected chi connectivity index (χ2v) is 7.55. The molecule has 1 aromatic carbocycles. The van der Waals surface area contributed by atoms with Crippen molar-refractivity contribution >= 4 is 27.4 Å². The monoisotopic (exact) mass is 319 g/mol. The van der Waals surface area contributed by atoms with E-state index in [0.29, 0.717) is 0 Å². The topological polar surface area (TPSA) is 83.5 Å². The molecule has 20 heavy (non-hydrogen) atoms. The van der Waals surface area contributed by atoms with Crippen molar-refractivity contribution in [2.45, 2.75) is 32.6 Å². The number of benzene rings is 1. The SMILES string of the molecule is CCNS(=O)(=O)c1cc(Cl)cc(C(=O)C(C)(C)C)c1O. The van der Waals surface area contributed by atoms with Crippen LogP contribution in [0.15, 0.2) is 17.0 Å². The smallest absolute Gasteiger partial charge is 0.244 e. The van der Waals surface area contributed by atoms with Gasteiger partial charge in [-0.1, -0.05) is 39.3 Å². The van der Waals surface area contributed by atoms with E-state index < -0.39 is 21.2 Å². The van der Waals surface area contributed by atoms with Gasteiger partial charge >= 0.3 is 0 Å². The van der Waals surface area contributed by atoms with Crippen molar-refractivity contribution in [3.63, 3.8) is 0 Å². The minimum atomic E-state index is -3.90. The van der Waals surface area contributed by atoms with Crippen LogP contribution >= 0.6 is 11.6 Å². The molecule has 2 N–H and O–H groups in total. The third-order valence-electron chi connectivity index (χ3n) is 2.59. The highest BCUT2D eigenvalue weighted by molar-refractivity contribution is 7.89. The van der Waals surface area contributed by atoms with Crippen molar-refractivity contribution in [1.29, 1.82) is 0 Å². The number of rotatable bonds is 4. The highest BCUT2D eigenvalue weighted by atomic mass is 35.5. The van der Waals surface area contributed by atoms with E-state index in [0.717, 1.165) is 6.07 Å². The lowest BCUT2D eigenvalue weighted by molar-refractivity contribution is 0.0855. The molecule has 0 aromatic heterocycles. The van der Waals surface area contributed by atoms with Crippen LogP contribution in [0.4, 0.5) is 0 Å². The molecule has 1 rings (SSSR count). The van der Waals surface area contributed by atoms with Crippen molar-refractivity contribution < 1.29 is 18.3 Å². The third kappa shape index (κ3) is 3.50. The van der Waals surface area contributed by atoms with E-state index in [1.165, 1.54) is 6.07 Å². The summed E-state index contributed by atoms with van der Waals surface area (Å²) >= 11 is 5.87. The molecule has 0 heterocycles. The molecule has 0 aliphatic rings. The Morgan fingerprint density at radius 1 is 1.35 bits per heavy atom. The molecule has 112 valence electrons. The van der Waals surface area contributed by atoms with E-state index in [-0.39, 0.29) is 27.8 Å². The van der Waals surface area contributed by atoms with E-state index in [9.17, 15) is 18.3 Å². The number of aromatic hydroxyl groups is 1. The number of carbonyl (C=O) groups is 1. The maximum Gasteiger partial charge on any atom is 0.244 e. The molecule has 0 fully saturated rings. The van der Waals surface area contributed by atoms with Gasteiger partial charge < -0.3 is 5.11 Å². The molecule has 0 unspecified atom stereocenters. The number of hydrogen-bond donors (Lipinski definition) is 2. The van der Waals surface area contributed by atoms with Gasteiger partial charge in [-0.15, -0.1) is 0 Å². The van der Waals surface area contributed by atoms with Gasteiger partial charge in [0.05, 0.1) is 5.56 Å². The van der Waals surface area contributed by atoms with E-state index in [4.69, 9.17) is 11.6 Å². The first-order chi connectivity index (χ1) is 9.00. The average Bonchev–Trinajstić information content (AvgIpc) is 2.29. The number of halogens is 1. The van der Waals surface area contributed by atoms with Crippen LogP contribution in [0.2, 0.25) is 5.02 Å². The second-order valence-electron chi connectivity index (χ2n) is 5.38. The Kier molecular flexibility index (Phi) is 4.84. The first kappa shape index (κ1) is 16.9. The van der Waals surface area contributed by atoms with Crippen LogP contribution in [0.5, 0.6) is 5.75 Å². The highest BCUT2D eigenvalue weighted by Gasteiger charge is 2.29. The summed E-state index contributed by atoms with van der Waals surface area (Å²) in [6.45, 7) is 6.80. The van der Waals surface area contributed by atoms with Crippen LogP contribution < -0.4 is 4.72 Å². The highest BCUT2D eigenvalue weighted by Crippen LogP contribution is 2.34. The van der Waals surface area contributed by atoms with Gasteiger partial charge in [-0.25, -0.2) is 13.1 Å². The zero-order valence-corrected chi connectivity index (χ0v) is 13.4. The normalized spacial score (nSPS) is 12.4. The number of carbonyl (C=O) groups excluding carboxylic acids is 1. The number of hydrogen-bond acceptors (Lipinski definition) is 4. The lowest BCUT2D eigenvalue weighted by Crippen LogP contribution is -2.25. The van der Waals surface area contributed by atoms with Gasteiger partial charge in [0.15, 0.2) is 5.78 Å². The fraction of sp³-hybridized carbons (Fsp3) is 0.462. The molecule has 0 saturated carbocycles. The van der Waals surface area contributed by atoms with Gasteiger partial charge in [0.1, 0.15) is 10.6 Å². The molecule has 5 nitrogen and oxygen atoms in total. The van der Waals surface area contributed by atoms with Crippen LogP contribution in [0.25, 0.3) is 0 Å². The maximum atomic E-state index is 12.2. The summed E-state index contributed by atoms with van der Waals surface area (Å²) in [6, 6.07) is 2.39. The van der Waals surface area contributed by atoms with Crippen LogP contribution in [-0.2, 0) is 10.0 Å². The van der Waals surface area contributed by atoms with Crippen molar-refractivity contribution in [3.8, 4) is 5.75 Å². The fourth-order valence-corrected chi connectivity index (χ4v) is 3.09. The van der Waals surface area contributed by atoms with E-state index in [1.54, 1.807) is 27.7 Å². The van der Waals surface area contributed by atoms with Crippen molar-refractivity contribution in [3.05, 3.63) is 22.7 Å². The number of Topliss-reactive ketones (excluding diaryl/α,β-unsaturated/α-hetero) is 1. The Morgan fingerprint density at radius 2 is 1.90 bits per heavy atom. The largest absolute Gasteiger partial charge is 0.506 e. The van der Waals surface area contributed by atoms with Gasteiger partial charge in [-0.2, -0.15) is 0 Å². The lowest BCUT2D eigenvalue weighted by Gasteiger charge is -2.19. The summed E-state index contributed by atoms with van der Waals surface area (Å²) < 4.78 is 26.2. The number of sulfonamides is 1. The average molecular weight is 320 g/mol. The first-order valence-corrected chi connectivity index (χ1v) is 7.93. The van der Waals surface area contributed by atoms with Crippen molar-refractivity contribution in [2.75, 3.05) is 6.54 Å². The summed E-state index contributed by atoms with van der Waals surface area (Å²) in [7, 11) is -3.90. The van der Waals surface area contributed by atoms with E-state index in [2.05, 4.69) is 4.72 Å². The molecular weight excluding hydrogens is 302 g/mol. The summed E-state index contributed by atoms with van der Waals surface area (Å²) in [6.07, 6.45) is 0. The maximum absolute atomic E-state index is 12.2. The molecule has 0 radical (unpaired) electrons. The Balaban J connectivity index is 3.54. The Hall–Kier alpha value is -1.11. The molecule has 0 spiro atoms. The molecule has 1 aromatic rings. The van der Waals surface area contributed by atoms with Crippen molar-refractivity contribution in [1.82, 2.24) is 4.72 Å². The van der Waals surface area contributed by atoms with Gasteiger partial charge in [-0.3, -0.25) is 4.79 Å². The molecule has 0 atom stereocenters. The lowest BCUT2D eigenvalue weighted by atomic mass is 9.86. The molecule has 7 heteroatoms. The molecule has 0 bridgehead atoms. The van der Waals surface area contributed by atoms with E-state index in [1.807, 2.05) is 0 Å². The summed E-state index contributed by atoms with van der Waals surface area (Å²) in [5.74, 6) is -0.958. The summed E-state index contributed by atoms with van der Waals surface area (Å²) in [5, 5.41) is 10.2. The molecule has 0 amide bonds. The number of phenolic OH excluding ortho intramolecular Hbond substituents is 1. The predicted molar refractivity (Wildman–Crippen MR) is 77.8 cm³/mol. The Bertz CT molecular complexity index is 633. The number of ketones is 1. The zero-order chi connectivity index (χ0) is 15.7. The zero-order valence-electron chi connectivity index (χ0n) is 11.8. The van der Waals surface area contributed by atoms with Gasteiger partial charge in [0.2, 0.25) is 10.0 Å². The first-order valence-electron chi connectivity index (χ1n) is 6.07. The van der Waals surface area contributed by atoms with Crippen LogP contribution in [-0.4, -0.2) is 25.9 Å². The van der Waals surface area contributed by atoms with Crippen LogP contribution in [0.1, 0.15) is 38.1 Å². The standard InChI is InChI=1S/C13H18ClNO4S/c1-5-15-20(18,19)10-7-8(14)6-9(11(10)16)12(17)13(2,3)4/h6-7,15-16H,5H2,1-4H3. The van der Waals surface area contributed by atoms with Gasteiger partial charge in [-0.05, 0) is 12.1 Å². The minimum absolute atomic E-state index is 0.0758. The Labute approximate surface area is 124 Å². The molecule has 0 aliphatic carbocycles. The summed E-state index contributed by atoms with van der Waals surface area (Å²) in [5.41, 5.74) is -0.858. The van der Waals surface area contributed by atoms with E-state index >= 15 is 0 Å². The second kappa shape index (κ2) is 5.71. The quantitative estimate of drug-likeness (QED) is 0.835. The molecule has 0 aliphatic heterocycles. The number of nitrogens with one attached hydrogen (secondary N) is 1.